The summed E-state index contributed by atoms with van der Waals surface area (Å²) in [7, 11) is 0. The number of aromatic nitrogens is 2. The predicted molar refractivity (Wildman–Crippen MR) is 139 cm³/mol. The van der Waals surface area contributed by atoms with Crippen LogP contribution in [0.5, 0.6) is 0 Å². The lowest BCUT2D eigenvalue weighted by molar-refractivity contribution is 0.0692. The van der Waals surface area contributed by atoms with Gasteiger partial charge in [-0.05, 0) is 41.8 Å². The molecule has 5 aromatic rings. The van der Waals surface area contributed by atoms with Crippen LogP contribution in [0.25, 0.3) is 32.9 Å². The van der Waals surface area contributed by atoms with Crippen molar-refractivity contribution in [3.63, 3.8) is 0 Å². The highest BCUT2D eigenvalue weighted by atomic mass is 79.9. The Kier molecular flexibility index (Phi) is 5.96. The normalized spacial score (nSPS) is 11.0. The molecule has 0 aliphatic rings. The molecule has 0 fully saturated rings. The van der Waals surface area contributed by atoms with E-state index < -0.39 is 12.1 Å². The Morgan fingerprint density at radius 1 is 1.06 bits per heavy atom. The van der Waals surface area contributed by atoms with E-state index in [1.165, 1.54) is 0 Å². The standard InChI is InChI=1S/C27H20BrN3O4/c1-15-18(8-5-9-21(15)31-27(34)35-14-16-6-3-2-4-7-16)20-13-29-25(26(32)33)24-23(20)19-11-10-17(28)12-22(19)30-24/h2-13,30H,14H2,1H3,(H,31,34)(H,32,33). The van der Waals surface area contributed by atoms with Gasteiger partial charge in [0.25, 0.3) is 0 Å². The third kappa shape index (κ3) is 4.36. The number of ether oxygens (including phenoxy) is 1. The van der Waals surface area contributed by atoms with Gasteiger partial charge in [0.15, 0.2) is 5.69 Å². The van der Waals surface area contributed by atoms with Crippen LogP contribution in [-0.4, -0.2) is 27.1 Å². The number of fused-ring (bicyclic) bond motifs is 3. The molecule has 3 N–H and O–H groups in total. The number of hydrogen-bond acceptors (Lipinski definition) is 4. The average Bonchev–Trinajstić information content (AvgIpc) is 3.22. The number of amides is 1. The number of aromatic amines is 1. The number of hydrogen-bond donors (Lipinski definition) is 3. The van der Waals surface area contributed by atoms with Crippen LogP contribution in [0, 0.1) is 6.92 Å². The summed E-state index contributed by atoms with van der Waals surface area (Å²) in [6.45, 7) is 2.06. The maximum Gasteiger partial charge on any atom is 0.411 e. The molecular weight excluding hydrogens is 510 g/mol. The third-order valence-corrected chi connectivity index (χ3v) is 6.36. The van der Waals surface area contributed by atoms with Crippen LogP contribution in [0.15, 0.2) is 77.4 Å². The summed E-state index contributed by atoms with van der Waals surface area (Å²) in [5.41, 5.74) is 5.08. The van der Waals surface area contributed by atoms with E-state index in [0.717, 1.165) is 43.0 Å². The molecule has 0 aliphatic carbocycles. The summed E-state index contributed by atoms with van der Waals surface area (Å²) in [6, 6.07) is 20.7. The average molecular weight is 530 g/mol. The van der Waals surface area contributed by atoms with Crippen LogP contribution in [-0.2, 0) is 11.3 Å². The molecule has 8 heteroatoms. The van der Waals surface area contributed by atoms with Gasteiger partial charge < -0.3 is 14.8 Å². The minimum atomic E-state index is -1.11. The van der Waals surface area contributed by atoms with E-state index >= 15 is 0 Å². The van der Waals surface area contributed by atoms with Crippen LogP contribution < -0.4 is 5.32 Å². The summed E-state index contributed by atoms with van der Waals surface area (Å²) in [5.74, 6) is -1.11. The topological polar surface area (TPSA) is 104 Å². The number of anilines is 1. The van der Waals surface area contributed by atoms with Gasteiger partial charge >= 0.3 is 12.1 Å². The fraction of sp³-hybridized carbons (Fsp3) is 0.0741. The number of halogens is 1. The van der Waals surface area contributed by atoms with Crippen molar-refractivity contribution in [3.8, 4) is 11.1 Å². The number of nitrogens with one attached hydrogen (secondary N) is 2. The van der Waals surface area contributed by atoms with Gasteiger partial charge in [-0.2, -0.15) is 0 Å². The van der Waals surface area contributed by atoms with E-state index in [-0.39, 0.29) is 12.3 Å². The number of carbonyl (C=O) groups is 2. The molecule has 2 heterocycles. The minimum absolute atomic E-state index is 0.0486. The molecule has 0 saturated carbocycles. The number of benzene rings is 3. The summed E-state index contributed by atoms with van der Waals surface area (Å²) in [5, 5.41) is 14.2. The Morgan fingerprint density at radius 3 is 2.63 bits per heavy atom. The highest BCUT2D eigenvalue weighted by Crippen LogP contribution is 2.38. The minimum Gasteiger partial charge on any atom is -0.476 e. The zero-order valence-corrected chi connectivity index (χ0v) is 20.2. The van der Waals surface area contributed by atoms with Gasteiger partial charge in [0.05, 0.1) is 5.52 Å². The Bertz CT molecular complexity index is 1600. The first-order valence-corrected chi connectivity index (χ1v) is 11.6. The molecule has 1 amide bonds. The lowest BCUT2D eigenvalue weighted by atomic mass is 9.96. The van der Waals surface area contributed by atoms with Crippen molar-refractivity contribution in [2.75, 3.05) is 5.32 Å². The SMILES string of the molecule is Cc1c(NC(=O)OCc2ccccc2)cccc1-c1cnc(C(=O)O)c2[nH]c3cc(Br)ccc3c12. The van der Waals surface area contributed by atoms with Crippen molar-refractivity contribution in [3.05, 3.63) is 94.2 Å². The van der Waals surface area contributed by atoms with Crippen molar-refractivity contribution < 1.29 is 19.4 Å². The van der Waals surface area contributed by atoms with Crippen molar-refractivity contribution in [1.82, 2.24) is 9.97 Å². The molecular formula is C27H20BrN3O4. The van der Waals surface area contributed by atoms with E-state index in [2.05, 4.69) is 31.2 Å². The molecule has 5 rings (SSSR count). The molecule has 0 atom stereocenters. The molecule has 2 aromatic heterocycles. The summed E-state index contributed by atoms with van der Waals surface area (Å²) < 4.78 is 6.24. The number of carboxylic acids is 1. The quantitative estimate of drug-likeness (QED) is 0.229. The van der Waals surface area contributed by atoms with E-state index in [1.54, 1.807) is 12.3 Å². The molecule has 7 nitrogen and oxygen atoms in total. The molecule has 35 heavy (non-hydrogen) atoms. The number of nitrogens with zero attached hydrogens (tertiary/aromatic N) is 1. The van der Waals surface area contributed by atoms with Crippen molar-refractivity contribution in [2.45, 2.75) is 13.5 Å². The fourth-order valence-corrected chi connectivity index (χ4v) is 4.54. The number of carboxylic acid groups (broad SMARTS) is 1. The Hall–Kier alpha value is -4.17. The number of aromatic carboxylic acids is 1. The van der Waals surface area contributed by atoms with E-state index in [9.17, 15) is 14.7 Å². The number of H-pyrrole nitrogens is 1. The largest absolute Gasteiger partial charge is 0.476 e. The molecule has 0 radical (unpaired) electrons. The molecule has 174 valence electrons. The van der Waals surface area contributed by atoms with E-state index in [4.69, 9.17) is 4.74 Å². The van der Waals surface area contributed by atoms with Gasteiger partial charge in [0.1, 0.15) is 6.61 Å². The Labute approximate surface area is 208 Å². The molecule has 0 bridgehead atoms. The van der Waals surface area contributed by atoms with Gasteiger partial charge in [-0.15, -0.1) is 0 Å². The van der Waals surface area contributed by atoms with Crippen molar-refractivity contribution in [2.24, 2.45) is 0 Å². The Morgan fingerprint density at radius 2 is 1.86 bits per heavy atom. The van der Waals surface area contributed by atoms with Crippen LogP contribution in [0.1, 0.15) is 21.6 Å². The monoisotopic (exact) mass is 529 g/mol. The van der Waals surface area contributed by atoms with Gasteiger partial charge in [-0.25, -0.2) is 14.6 Å². The first-order valence-electron chi connectivity index (χ1n) is 10.8. The van der Waals surface area contributed by atoms with Gasteiger partial charge in [0, 0.05) is 38.2 Å². The van der Waals surface area contributed by atoms with E-state index in [0.29, 0.717) is 11.2 Å². The highest BCUT2D eigenvalue weighted by Gasteiger charge is 2.20. The van der Waals surface area contributed by atoms with Crippen molar-refractivity contribution in [1.29, 1.82) is 0 Å². The van der Waals surface area contributed by atoms with Crippen LogP contribution >= 0.6 is 15.9 Å². The molecule has 0 aliphatic heterocycles. The van der Waals surface area contributed by atoms with Crippen LogP contribution in [0.3, 0.4) is 0 Å². The second-order valence-electron chi connectivity index (χ2n) is 8.06. The number of rotatable bonds is 5. The number of carbonyl (C=O) groups excluding carboxylic acids is 1. The van der Waals surface area contributed by atoms with Crippen LogP contribution in [0.2, 0.25) is 0 Å². The molecule has 0 saturated heterocycles. The zero-order valence-electron chi connectivity index (χ0n) is 18.6. The lowest BCUT2D eigenvalue weighted by Crippen LogP contribution is -2.14. The summed E-state index contributed by atoms with van der Waals surface area (Å²) >= 11 is 3.47. The number of pyridine rings is 1. The van der Waals surface area contributed by atoms with Crippen LogP contribution in [0.4, 0.5) is 10.5 Å². The first-order chi connectivity index (χ1) is 16.9. The smallest absolute Gasteiger partial charge is 0.411 e. The maximum atomic E-state index is 12.5. The summed E-state index contributed by atoms with van der Waals surface area (Å²) in [6.07, 6.45) is 1.01. The summed E-state index contributed by atoms with van der Waals surface area (Å²) in [4.78, 5) is 31.8. The maximum absolute atomic E-state index is 12.5. The second kappa shape index (κ2) is 9.23. The first kappa shape index (κ1) is 22.6. The van der Waals surface area contributed by atoms with Gasteiger partial charge in [0.2, 0.25) is 0 Å². The second-order valence-corrected chi connectivity index (χ2v) is 8.97. The zero-order chi connectivity index (χ0) is 24.5. The molecule has 0 unspecified atom stereocenters. The highest BCUT2D eigenvalue weighted by molar-refractivity contribution is 9.10. The lowest BCUT2D eigenvalue weighted by Gasteiger charge is -2.14. The van der Waals surface area contributed by atoms with Gasteiger partial charge in [-0.3, -0.25) is 5.32 Å². The Balaban J connectivity index is 1.55. The van der Waals surface area contributed by atoms with Gasteiger partial charge in [-0.1, -0.05) is 64.5 Å². The molecule has 3 aromatic carbocycles. The van der Waals surface area contributed by atoms with Crippen molar-refractivity contribution >= 4 is 55.5 Å². The van der Waals surface area contributed by atoms with E-state index in [1.807, 2.05) is 67.6 Å². The molecule has 0 spiro atoms. The third-order valence-electron chi connectivity index (χ3n) is 5.87. The predicted octanol–water partition coefficient (Wildman–Crippen LogP) is 6.90. The fourth-order valence-electron chi connectivity index (χ4n) is 4.18.